The van der Waals surface area contributed by atoms with Crippen LogP contribution in [0.2, 0.25) is 0 Å². The van der Waals surface area contributed by atoms with Crippen molar-refractivity contribution in [2.75, 3.05) is 11.9 Å². The third-order valence-electron chi connectivity index (χ3n) is 3.92. The molecule has 2 rings (SSSR count). The average Bonchev–Trinajstić information content (AvgIpc) is 2.84. The zero-order chi connectivity index (χ0) is 15.3. The lowest BCUT2D eigenvalue weighted by Gasteiger charge is -2.33. The normalized spacial score (nSPS) is 17.2. The standard InChI is InChI=1S/C14H22N4O3/c1-14(5-3-2-4-6-14)10-15-13(21)17-11-7-16-18(8-11)9-12(19)20/h7-8H,2-6,9-10H2,1H3,(H,19,20)(H2,15,17,21). The average molecular weight is 294 g/mol. The summed E-state index contributed by atoms with van der Waals surface area (Å²) in [7, 11) is 0. The third-order valence-corrected chi connectivity index (χ3v) is 3.92. The summed E-state index contributed by atoms with van der Waals surface area (Å²) in [5.41, 5.74) is 0.672. The van der Waals surface area contributed by atoms with Crippen LogP contribution >= 0.6 is 0 Å². The van der Waals surface area contributed by atoms with Crippen molar-refractivity contribution in [1.29, 1.82) is 0 Å². The molecule has 3 N–H and O–H groups in total. The number of aliphatic carboxylic acids is 1. The van der Waals surface area contributed by atoms with Gasteiger partial charge in [-0.05, 0) is 18.3 Å². The first-order valence-corrected chi connectivity index (χ1v) is 7.26. The number of aromatic nitrogens is 2. The fourth-order valence-corrected chi connectivity index (χ4v) is 2.70. The second-order valence-corrected chi connectivity index (χ2v) is 6.00. The van der Waals surface area contributed by atoms with Gasteiger partial charge in [-0.3, -0.25) is 9.48 Å². The van der Waals surface area contributed by atoms with E-state index in [4.69, 9.17) is 5.11 Å². The number of hydrogen-bond acceptors (Lipinski definition) is 3. The lowest BCUT2D eigenvalue weighted by atomic mass is 9.76. The first-order chi connectivity index (χ1) is 9.97. The van der Waals surface area contributed by atoms with Gasteiger partial charge in [-0.2, -0.15) is 5.10 Å². The molecule has 0 aliphatic heterocycles. The minimum Gasteiger partial charge on any atom is -0.480 e. The molecule has 1 aromatic rings. The van der Waals surface area contributed by atoms with E-state index in [0.29, 0.717) is 12.2 Å². The van der Waals surface area contributed by atoms with Gasteiger partial charge in [0.05, 0.1) is 11.9 Å². The number of carbonyl (C=O) groups is 2. The smallest absolute Gasteiger partial charge is 0.325 e. The molecule has 1 heterocycles. The van der Waals surface area contributed by atoms with Gasteiger partial charge >= 0.3 is 12.0 Å². The molecule has 21 heavy (non-hydrogen) atoms. The number of carboxylic acids is 1. The molecule has 0 spiro atoms. The van der Waals surface area contributed by atoms with Gasteiger partial charge in [-0.25, -0.2) is 4.79 Å². The molecule has 7 nitrogen and oxygen atoms in total. The summed E-state index contributed by atoms with van der Waals surface area (Å²) in [6.45, 7) is 2.64. The summed E-state index contributed by atoms with van der Waals surface area (Å²) in [6.07, 6.45) is 8.95. The van der Waals surface area contributed by atoms with Crippen molar-refractivity contribution in [2.24, 2.45) is 5.41 Å². The minimum absolute atomic E-state index is 0.184. The highest BCUT2D eigenvalue weighted by molar-refractivity contribution is 5.88. The van der Waals surface area contributed by atoms with Crippen molar-refractivity contribution in [3.8, 4) is 0 Å². The van der Waals surface area contributed by atoms with Crippen molar-refractivity contribution < 1.29 is 14.7 Å². The molecule has 7 heteroatoms. The molecule has 0 saturated heterocycles. The first kappa shape index (κ1) is 15.3. The van der Waals surface area contributed by atoms with Crippen LogP contribution in [-0.4, -0.2) is 33.4 Å². The maximum Gasteiger partial charge on any atom is 0.325 e. The van der Waals surface area contributed by atoms with Gasteiger partial charge in [-0.1, -0.05) is 26.2 Å². The van der Waals surface area contributed by atoms with Crippen molar-refractivity contribution in [2.45, 2.75) is 45.6 Å². The number of hydrogen-bond donors (Lipinski definition) is 3. The number of nitrogens with zero attached hydrogens (tertiary/aromatic N) is 2. The third kappa shape index (κ3) is 4.77. The van der Waals surface area contributed by atoms with E-state index < -0.39 is 5.97 Å². The lowest BCUT2D eigenvalue weighted by molar-refractivity contribution is -0.137. The summed E-state index contributed by atoms with van der Waals surface area (Å²) < 4.78 is 1.26. The number of nitrogens with one attached hydrogen (secondary N) is 2. The molecule has 0 bridgehead atoms. The van der Waals surface area contributed by atoms with Crippen LogP contribution in [0.4, 0.5) is 10.5 Å². The summed E-state index contributed by atoms with van der Waals surface area (Å²) >= 11 is 0. The van der Waals surface area contributed by atoms with Crippen LogP contribution in [0.3, 0.4) is 0 Å². The van der Waals surface area contributed by atoms with E-state index in [1.165, 1.54) is 36.3 Å². The summed E-state index contributed by atoms with van der Waals surface area (Å²) in [4.78, 5) is 22.4. The fourth-order valence-electron chi connectivity index (χ4n) is 2.70. The highest BCUT2D eigenvalue weighted by atomic mass is 16.4. The molecule has 2 amide bonds. The van der Waals surface area contributed by atoms with Gasteiger partial charge in [0, 0.05) is 12.7 Å². The molecular formula is C14H22N4O3. The Morgan fingerprint density at radius 3 is 2.76 bits per heavy atom. The molecule has 0 atom stereocenters. The second kappa shape index (κ2) is 6.60. The Balaban J connectivity index is 1.78. The molecule has 0 aromatic carbocycles. The number of anilines is 1. The summed E-state index contributed by atoms with van der Waals surface area (Å²) in [6, 6.07) is -0.281. The topological polar surface area (TPSA) is 96.3 Å². The largest absolute Gasteiger partial charge is 0.480 e. The van der Waals surface area contributed by atoms with Gasteiger partial charge in [0.25, 0.3) is 0 Å². The molecular weight excluding hydrogens is 272 g/mol. The number of urea groups is 1. The zero-order valence-corrected chi connectivity index (χ0v) is 12.3. The molecule has 1 aromatic heterocycles. The number of rotatable bonds is 5. The SMILES string of the molecule is CC1(CNC(=O)Nc2cnn(CC(=O)O)c2)CCCCC1. The summed E-state index contributed by atoms with van der Waals surface area (Å²) in [5, 5.41) is 18.1. The van der Waals surface area contributed by atoms with E-state index in [1.807, 2.05) is 0 Å². The van der Waals surface area contributed by atoms with Crippen LogP contribution in [0, 0.1) is 5.41 Å². The lowest BCUT2D eigenvalue weighted by Crippen LogP contribution is -2.39. The second-order valence-electron chi connectivity index (χ2n) is 6.00. The van der Waals surface area contributed by atoms with E-state index in [1.54, 1.807) is 0 Å². The molecule has 1 aliphatic rings. The van der Waals surface area contributed by atoms with E-state index in [-0.39, 0.29) is 18.0 Å². The molecule has 1 fully saturated rings. The van der Waals surface area contributed by atoms with Crippen LogP contribution in [0.1, 0.15) is 39.0 Å². The predicted molar refractivity (Wildman–Crippen MR) is 78.1 cm³/mol. The highest BCUT2D eigenvalue weighted by Gasteiger charge is 2.27. The van der Waals surface area contributed by atoms with Gasteiger partial charge in [0.15, 0.2) is 0 Å². The monoisotopic (exact) mass is 294 g/mol. The number of carboxylic acid groups (broad SMARTS) is 1. The number of carbonyl (C=O) groups excluding carboxylic acids is 1. The van der Waals surface area contributed by atoms with Crippen molar-refractivity contribution in [1.82, 2.24) is 15.1 Å². The Morgan fingerprint density at radius 1 is 1.38 bits per heavy atom. The van der Waals surface area contributed by atoms with Crippen molar-refractivity contribution in [3.63, 3.8) is 0 Å². The van der Waals surface area contributed by atoms with Crippen LogP contribution in [0.15, 0.2) is 12.4 Å². The van der Waals surface area contributed by atoms with Crippen LogP contribution < -0.4 is 10.6 Å². The van der Waals surface area contributed by atoms with Gasteiger partial charge in [0.2, 0.25) is 0 Å². The molecule has 116 valence electrons. The Kier molecular flexibility index (Phi) is 4.82. The molecule has 0 unspecified atom stereocenters. The molecule has 1 aliphatic carbocycles. The van der Waals surface area contributed by atoms with Crippen molar-refractivity contribution >= 4 is 17.7 Å². The van der Waals surface area contributed by atoms with Crippen LogP contribution in [0.25, 0.3) is 0 Å². The number of amides is 2. The Morgan fingerprint density at radius 2 is 2.10 bits per heavy atom. The fraction of sp³-hybridized carbons (Fsp3) is 0.643. The predicted octanol–water partition coefficient (Wildman–Crippen LogP) is 2.06. The summed E-state index contributed by atoms with van der Waals surface area (Å²) in [5.74, 6) is -0.973. The van der Waals surface area contributed by atoms with Gasteiger partial charge < -0.3 is 15.7 Å². The Hall–Kier alpha value is -2.05. The van der Waals surface area contributed by atoms with Gasteiger partial charge in [-0.15, -0.1) is 0 Å². The van der Waals surface area contributed by atoms with Gasteiger partial charge in [0.1, 0.15) is 6.54 Å². The van der Waals surface area contributed by atoms with E-state index in [9.17, 15) is 9.59 Å². The zero-order valence-electron chi connectivity index (χ0n) is 12.3. The molecule has 1 saturated carbocycles. The Labute approximate surface area is 123 Å². The van der Waals surface area contributed by atoms with E-state index in [2.05, 4.69) is 22.7 Å². The minimum atomic E-state index is -0.973. The molecule has 0 radical (unpaired) electrons. The van der Waals surface area contributed by atoms with E-state index >= 15 is 0 Å². The Bertz CT molecular complexity index is 506. The highest BCUT2D eigenvalue weighted by Crippen LogP contribution is 2.34. The first-order valence-electron chi connectivity index (χ1n) is 7.26. The van der Waals surface area contributed by atoms with Crippen molar-refractivity contribution in [3.05, 3.63) is 12.4 Å². The maximum atomic E-state index is 11.9. The van der Waals surface area contributed by atoms with Crippen LogP contribution in [-0.2, 0) is 11.3 Å². The maximum absolute atomic E-state index is 11.9. The quantitative estimate of drug-likeness (QED) is 0.774. The van der Waals surface area contributed by atoms with E-state index in [0.717, 1.165) is 12.8 Å². The van der Waals surface area contributed by atoms with Crippen LogP contribution in [0.5, 0.6) is 0 Å².